The maximum atomic E-state index is 6.52. The number of aryl methyl sites for hydroxylation is 2. The molecule has 1 atom stereocenters. The van der Waals surface area contributed by atoms with E-state index < -0.39 is 0 Å². The molecule has 96 valence electrons. The lowest BCUT2D eigenvalue weighted by molar-refractivity contribution is 0.870. The summed E-state index contributed by atoms with van der Waals surface area (Å²) in [6.07, 6.45) is 0. The van der Waals surface area contributed by atoms with Crippen LogP contribution in [0.25, 0.3) is 10.1 Å². The van der Waals surface area contributed by atoms with E-state index in [1.165, 1.54) is 32.3 Å². The number of hydrogen-bond donors (Lipinski definition) is 1. The highest BCUT2D eigenvalue weighted by molar-refractivity contribution is 7.17. The van der Waals surface area contributed by atoms with Gasteiger partial charge in [0.1, 0.15) is 0 Å². The molecular formula is C17H17NS. The maximum absolute atomic E-state index is 6.52. The topological polar surface area (TPSA) is 26.0 Å². The van der Waals surface area contributed by atoms with Crippen molar-refractivity contribution in [2.45, 2.75) is 19.9 Å². The first-order chi connectivity index (χ1) is 9.16. The SMILES string of the molecule is Cc1ccc(C)c(C(N)c2cccc3ccsc23)c1. The lowest BCUT2D eigenvalue weighted by Gasteiger charge is -2.17. The number of benzene rings is 2. The zero-order valence-electron chi connectivity index (χ0n) is 11.2. The van der Waals surface area contributed by atoms with E-state index >= 15 is 0 Å². The molecule has 0 aliphatic carbocycles. The van der Waals surface area contributed by atoms with Crippen molar-refractivity contribution in [2.75, 3.05) is 0 Å². The van der Waals surface area contributed by atoms with Crippen LogP contribution in [-0.2, 0) is 0 Å². The molecule has 2 heteroatoms. The maximum Gasteiger partial charge on any atom is 0.0568 e. The van der Waals surface area contributed by atoms with E-state index in [0.29, 0.717) is 0 Å². The van der Waals surface area contributed by atoms with Crippen molar-refractivity contribution in [1.29, 1.82) is 0 Å². The van der Waals surface area contributed by atoms with E-state index in [4.69, 9.17) is 5.73 Å². The first-order valence-electron chi connectivity index (χ1n) is 6.45. The Bertz CT molecular complexity index is 727. The van der Waals surface area contributed by atoms with Gasteiger partial charge >= 0.3 is 0 Å². The standard InChI is InChI=1S/C17H17NS/c1-11-6-7-12(2)15(10-11)16(18)14-5-3-4-13-8-9-19-17(13)14/h3-10,16H,18H2,1-2H3. The molecule has 0 aliphatic heterocycles. The summed E-state index contributed by atoms with van der Waals surface area (Å²) in [5.74, 6) is 0. The molecule has 0 aliphatic rings. The molecule has 0 saturated heterocycles. The Morgan fingerprint density at radius 3 is 2.68 bits per heavy atom. The fraction of sp³-hybridized carbons (Fsp3) is 0.176. The molecule has 0 amide bonds. The molecule has 0 saturated carbocycles. The minimum Gasteiger partial charge on any atom is -0.320 e. The highest BCUT2D eigenvalue weighted by atomic mass is 32.1. The van der Waals surface area contributed by atoms with Crippen LogP contribution in [-0.4, -0.2) is 0 Å². The second-order valence-corrected chi connectivity index (χ2v) is 5.94. The van der Waals surface area contributed by atoms with Gasteiger partial charge in [-0.25, -0.2) is 0 Å². The van der Waals surface area contributed by atoms with Crippen molar-refractivity contribution in [3.05, 3.63) is 70.1 Å². The van der Waals surface area contributed by atoms with Gasteiger partial charge in [-0.05, 0) is 47.4 Å². The monoisotopic (exact) mass is 267 g/mol. The van der Waals surface area contributed by atoms with Crippen molar-refractivity contribution in [3.8, 4) is 0 Å². The summed E-state index contributed by atoms with van der Waals surface area (Å²) in [6.45, 7) is 4.24. The first-order valence-corrected chi connectivity index (χ1v) is 7.33. The van der Waals surface area contributed by atoms with Gasteiger partial charge in [0, 0.05) is 4.70 Å². The number of fused-ring (bicyclic) bond motifs is 1. The zero-order valence-corrected chi connectivity index (χ0v) is 12.0. The summed E-state index contributed by atoms with van der Waals surface area (Å²) in [6, 6.07) is 15.0. The molecule has 1 heterocycles. The second-order valence-electron chi connectivity index (χ2n) is 5.02. The number of nitrogens with two attached hydrogens (primary N) is 1. The van der Waals surface area contributed by atoms with Crippen molar-refractivity contribution < 1.29 is 0 Å². The molecule has 0 fully saturated rings. The minimum absolute atomic E-state index is 0.0535. The third-order valence-corrected chi connectivity index (χ3v) is 4.59. The summed E-state index contributed by atoms with van der Waals surface area (Å²) < 4.78 is 1.30. The fourth-order valence-corrected chi connectivity index (χ4v) is 3.48. The average molecular weight is 267 g/mol. The third kappa shape index (κ3) is 2.18. The Kier molecular flexibility index (Phi) is 3.13. The number of hydrogen-bond acceptors (Lipinski definition) is 2. The number of thiophene rings is 1. The quantitative estimate of drug-likeness (QED) is 0.723. The Morgan fingerprint density at radius 2 is 1.84 bits per heavy atom. The van der Waals surface area contributed by atoms with Crippen LogP contribution in [0.4, 0.5) is 0 Å². The van der Waals surface area contributed by atoms with Gasteiger partial charge in [-0.3, -0.25) is 0 Å². The van der Waals surface area contributed by atoms with Crippen molar-refractivity contribution in [2.24, 2.45) is 5.73 Å². The minimum atomic E-state index is -0.0535. The van der Waals surface area contributed by atoms with Crippen LogP contribution in [0.3, 0.4) is 0 Å². The summed E-state index contributed by atoms with van der Waals surface area (Å²) >= 11 is 1.77. The van der Waals surface area contributed by atoms with Crippen LogP contribution < -0.4 is 5.73 Å². The largest absolute Gasteiger partial charge is 0.320 e. The molecule has 0 radical (unpaired) electrons. The van der Waals surface area contributed by atoms with Gasteiger partial charge in [0.15, 0.2) is 0 Å². The van der Waals surface area contributed by atoms with Crippen molar-refractivity contribution >= 4 is 21.4 Å². The van der Waals surface area contributed by atoms with E-state index in [9.17, 15) is 0 Å². The summed E-state index contributed by atoms with van der Waals surface area (Å²) in [5.41, 5.74) is 11.5. The van der Waals surface area contributed by atoms with Gasteiger partial charge in [-0.2, -0.15) is 0 Å². The molecule has 1 unspecified atom stereocenters. The van der Waals surface area contributed by atoms with Crippen LogP contribution in [0.5, 0.6) is 0 Å². The number of rotatable bonds is 2. The van der Waals surface area contributed by atoms with E-state index in [2.05, 4.69) is 61.7 Å². The highest BCUT2D eigenvalue weighted by Gasteiger charge is 2.14. The lowest BCUT2D eigenvalue weighted by atomic mass is 9.94. The fourth-order valence-electron chi connectivity index (χ4n) is 2.52. The van der Waals surface area contributed by atoms with Crippen molar-refractivity contribution in [1.82, 2.24) is 0 Å². The van der Waals surface area contributed by atoms with E-state index in [1.807, 2.05) is 0 Å². The van der Waals surface area contributed by atoms with E-state index in [0.717, 1.165) is 0 Å². The smallest absolute Gasteiger partial charge is 0.0568 e. The van der Waals surface area contributed by atoms with Gasteiger partial charge in [0.25, 0.3) is 0 Å². The molecule has 0 spiro atoms. The molecule has 1 nitrogen and oxygen atoms in total. The molecule has 3 aromatic rings. The van der Waals surface area contributed by atoms with Crippen LogP contribution in [0.2, 0.25) is 0 Å². The average Bonchev–Trinajstić information content (AvgIpc) is 2.89. The predicted molar refractivity (Wildman–Crippen MR) is 83.8 cm³/mol. The van der Waals surface area contributed by atoms with Crippen molar-refractivity contribution in [3.63, 3.8) is 0 Å². The first kappa shape index (κ1) is 12.4. The molecule has 19 heavy (non-hydrogen) atoms. The Labute approximate surface area is 117 Å². The molecule has 2 N–H and O–H groups in total. The Balaban J connectivity index is 2.15. The Hall–Kier alpha value is -1.64. The van der Waals surface area contributed by atoms with Gasteiger partial charge < -0.3 is 5.73 Å². The van der Waals surface area contributed by atoms with Crippen LogP contribution in [0.15, 0.2) is 47.8 Å². The van der Waals surface area contributed by atoms with Gasteiger partial charge in [0.2, 0.25) is 0 Å². The summed E-state index contributed by atoms with van der Waals surface area (Å²) in [7, 11) is 0. The highest BCUT2D eigenvalue weighted by Crippen LogP contribution is 2.32. The van der Waals surface area contributed by atoms with Gasteiger partial charge in [0.05, 0.1) is 6.04 Å². The van der Waals surface area contributed by atoms with Gasteiger partial charge in [-0.15, -0.1) is 11.3 Å². The predicted octanol–water partition coefficient (Wildman–Crippen LogP) is 4.57. The molecule has 3 rings (SSSR count). The summed E-state index contributed by atoms with van der Waals surface area (Å²) in [4.78, 5) is 0. The molecule has 2 aromatic carbocycles. The third-order valence-electron chi connectivity index (χ3n) is 3.61. The van der Waals surface area contributed by atoms with Crippen LogP contribution >= 0.6 is 11.3 Å². The van der Waals surface area contributed by atoms with E-state index in [-0.39, 0.29) is 6.04 Å². The lowest BCUT2D eigenvalue weighted by Crippen LogP contribution is -2.13. The van der Waals surface area contributed by atoms with E-state index in [1.54, 1.807) is 11.3 Å². The van der Waals surface area contributed by atoms with Crippen LogP contribution in [0, 0.1) is 13.8 Å². The van der Waals surface area contributed by atoms with Gasteiger partial charge in [-0.1, -0.05) is 42.0 Å². The zero-order chi connectivity index (χ0) is 13.4. The molecular weight excluding hydrogens is 250 g/mol. The van der Waals surface area contributed by atoms with Crippen LogP contribution in [0.1, 0.15) is 28.3 Å². The summed E-state index contributed by atoms with van der Waals surface area (Å²) in [5, 5.41) is 3.41. The second kappa shape index (κ2) is 4.80. The molecule has 0 bridgehead atoms. The molecule has 1 aromatic heterocycles. The normalized spacial score (nSPS) is 12.8. The Morgan fingerprint density at radius 1 is 1.00 bits per heavy atom.